The first-order valence-electron chi connectivity index (χ1n) is 1.23. The summed E-state index contributed by atoms with van der Waals surface area (Å²) in [5.41, 5.74) is 0. The zero-order valence-corrected chi connectivity index (χ0v) is 11.0. The van der Waals surface area contributed by atoms with Crippen molar-refractivity contribution in [1.29, 1.82) is 0 Å². The molecule has 17 heavy (non-hydrogen) atoms. The summed E-state index contributed by atoms with van der Waals surface area (Å²) in [4.78, 5) is 8.33. The third-order valence-corrected chi connectivity index (χ3v) is 0. The van der Waals surface area contributed by atoms with Crippen LogP contribution in [0, 0.1) is 10.2 Å². The van der Waals surface area contributed by atoms with Gasteiger partial charge in [-0.3, -0.25) is 0 Å². The minimum Gasteiger partial charge on any atom is -0.870 e. The Kier molecular flexibility index (Phi) is 220. The molecule has 16 heteroatoms. The monoisotopic (exact) mass is 312 g/mol. The van der Waals surface area contributed by atoms with E-state index in [0.29, 0.717) is 0 Å². The van der Waals surface area contributed by atoms with Crippen LogP contribution in [0.3, 0.4) is 0 Å². The van der Waals surface area contributed by atoms with Crippen LogP contribution in [-0.4, -0.2) is 79.4 Å². The van der Waals surface area contributed by atoms with Crippen molar-refractivity contribution in [3.63, 3.8) is 0 Å². The van der Waals surface area contributed by atoms with Gasteiger partial charge in [0.05, 0.1) is 0 Å². The van der Waals surface area contributed by atoms with E-state index in [1.165, 1.54) is 0 Å². The Labute approximate surface area is 123 Å². The first-order valence-corrected chi connectivity index (χ1v) is 2.46. The molecule has 0 unspecified atom stereocenters. The molecule has 0 aromatic carbocycles. The van der Waals surface area contributed by atoms with Crippen LogP contribution in [0.2, 0.25) is 0 Å². The molecule has 0 bridgehead atoms. The average Bonchev–Trinajstić information content (AvgIpc) is 1.19. The molecule has 0 radical (unpaired) electrons. The van der Waals surface area contributed by atoms with Gasteiger partial charge >= 0.3 is 40.4 Å². The van der Waals surface area contributed by atoms with Crippen molar-refractivity contribution in [3.05, 3.63) is 0 Å². The van der Waals surface area contributed by atoms with Crippen LogP contribution < -0.4 is 28.8 Å². The smallest absolute Gasteiger partial charge is 0.870 e. The fourth-order valence-electron chi connectivity index (χ4n) is 0. The molecular weight excluding hydrogens is 307 g/mol. The standard InChI is InChI=1S/CH2O3.Al.ClHO4.Mg.6H2O/c2-1(3)4;;2-1(3,4)5;;;;;;;/h(H2,2,3,4);;(H,2,3,4,5);;6*1H2/q;+3;;+2;;;;;;/p-9. The second kappa shape index (κ2) is 44.0. The molecule has 0 aliphatic carbocycles. The van der Waals surface area contributed by atoms with Gasteiger partial charge in [0, 0.05) is 0 Å². The van der Waals surface area contributed by atoms with Gasteiger partial charge < -0.3 is 47.9 Å². The van der Waals surface area contributed by atoms with Crippen LogP contribution in [0.25, 0.3) is 0 Å². The van der Waals surface area contributed by atoms with E-state index in [2.05, 4.69) is 0 Å². The zero-order chi connectivity index (χ0) is 8.08. The van der Waals surface area contributed by atoms with E-state index >= 15 is 0 Å². The van der Waals surface area contributed by atoms with Crippen LogP contribution in [0.4, 0.5) is 4.79 Å². The second-order valence-corrected chi connectivity index (χ2v) is 1.38. The van der Waals surface area contributed by atoms with Crippen molar-refractivity contribution in [2.24, 2.45) is 0 Å². The molecule has 0 aromatic rings. The average molecular weight is 313 g/mol. The fraction of sp³-hybridized carbons (Fsp3) is 0. The number of carbonyl (C=O) groups excluding carboxylic acids is 1. The Morgan fingerprint density at radius 2 is 0.706 bits per heavy atom. The van der Waals surface area contributed by atoms with Gasteiger partial charge in [-0.1, -0.05) is 0 Å². The summed E-state index contributed by atoms with van der Waals surface area (Å²) >= 11 is 0. The maximum atomic E-state index is 8.49. The van der Waals surface area contributed by atoms with Crippen molar-refractivity contribution in [2.75, 3.05) is 0 Å². The van der Waals surface area contributed by atoms with E-state index < -0.39 is 16.4 Å². The van der Waals surface area contributed by atoms with Crippen LogP contribution in [0.5, 0.6) is 0 Å². The largest absolute Gasteiger partial charge is 3.00 e. The summed E-state index contributed by atoms with van der Waals surface area (Å²) in [7, 11) is -4.94. The van der Waals surface area contributed by atoms with Crippen molar-refractivity contribution in [3.8, 4) is 0 Å². The van der Waals surface area contributed by atoms with Crippen molar-refractivity contribution < 1.29 is 76.7 Å². The van der Waals surface area contributed by atoms with E-state index in [4.69, 9.17) is 33.6 Å². The predicted molar refractivity (Wildman–Crippen MR) is 28.5 cm³/mol. The Hall–Kier alpha value is 0.459. The molecule has 104 valence electrons. The summed E-state index contributed by atoms with van der Waals surface area (Å²) < 4.78 is 34.0. The minimum atomic E-state index is -4.94. The Bertz CT molecular complexity index is 83.9. The molecule has 0 saturated carbocycles. The third kappa shape index (κ3) is 16400. The van der Waals surface area contributed by atoms with Gasteiger partial charge in [0.25, 0.3) is 0 Å². The molecule has 13 nitrogen and oxygen atoms in total. The predicted octanol–water partition coefficient (Wildman–Crippen LogP) is -9.03. The molecule has 0 aliphatic rings. The van der Waals surface area contributed by atoms with E-state index in [0.717, 1.165) is 0 Å². The molecule has 0 aliphatic heterocycles. The van der Waals surface area contributed by atoms with Crippen LogP contribution in [0.15, 0.2) is 0 Å². The minimum absolute atomic E-state index is 0. The van der Waals surface area contributed by atoms with Crippen molar-refractivity contribution >= 4 is 46.6 Å². The topological polar surface area (TPSA) is 335 Å². The van der Waals surface area contributed by atoms with E-state index in [1.807, 2.05) is 0 Å². The molecule has 0 heterocycles. The SMILES string of the molecule is O=C([O-])[O-].[Al+3].[Mg+2].[O-][Cl+3]([O-])([O-])[O-].[OH-].[OH-].[OH-].[OH-].[OH-].[OH-]. The Balaban J connectivity index is -0.00000000494. The first kappa shape index (κ1) is 85.0. The van der Waals surface area contributed by atoms with Gasteiger partial charge in [-0.2, -0.15) is 0 Å². The summed E-state index contributed by atoms with van der Waals surface area (Å²) in [5, 5.41) is 16.7. The molecule has 0 spiro atoms. The number of hydrogen-bond donors (Lipinski definition) is 0. The van der Waals surface area contributed by atoms with E-state index in [9.17, 15) is 0 Å². The molecule has 0 amide bonds. The molecule has 0 aromatic heterocycles. The van der Waals surface area contributed by atoms with Crippen LogP contribution >= 0.6 is 0 Å². The van der Waals surface area contributed by atoms with E-state index in [1.54, 1.807) is 0 Å². The number of carbonyl (C=O) groups is 1. The van der Waals surface area contributed by atoms with Gasteiger partial charge in [-0.25, -0.2) is 18.6 Å². The Morgan fingerprint density at radius 3 is 0.706 bits per heavy atom. The summed E-state index contributed by atoms with van der Waals surface area (Å²) in [6.07, 6.45) is -2.33. The maximum absolute atomic E-state index is 8.49. The summed E-state index contributed by atoms with van der Waals surface area (Å²) in [6, 6.07) is 0. The summed E-state index contributed by atoms with van der Waals surface area (Å²) in [5.74, 6) is 0. The maximum Gasteiger partial charge on any atom is 3.00 e. The number of rotatable bonds is 0. The zero-order valence-electron chi connectivity index (χ0n) is 7.70. The molecule has 0 fully saturated rings. The second-order valence-electron chi connectivity index (χ2n) is 0.628. The Morgan fingerprint density at radius 1 is 0.706 bits per heavy atom. The van der Waals surface area contributed by atoms with E-state index in [-0.39, 0.29) is 73.3 Å². The van der Waals surface area contributed by atoms with Gasteiger partial charge in [-0.15, -0.1) is 10.2 Å². The van der Waals surface area contributed by atoms with Gasteiger partial charge in [0.1, 0.15) is 0 Å². The summed E-state index contributed by atoms with van der Waals surface area (Å²) in [6.45, 7) is 0. The quantitative estimate of drug-likeness (QED) is 0.375. The van der Waals surface area contributed by atoms with Crippen LogP contribution in [-0.2, 0) is 0 Å². The van der Waals surface area contributed by atoms with Crippen LogP contribution in [0.1, 0.15) is 0 Å². The van der Waals surface area contributed by atoms with Crippen molar-refractivity contribution in [2.45, 2.75) is 0 Å². The molecule has 0 saturated heterocycles. The first-order chi connectivity index (χ1) is 3.73. The molecule has 0 rings (SSSR count). The fourth-order valence-corrected chi connectivity index (χ4v) is 0. The number of hydrogen-bond acceptors (Lipinski definition) is 13. The molecule has 0 atom stereocenters. The molecular formula is CH6AlClMgO13-4. The van der Waals surface area contributed by atoms with Gasteiger partial charge in [0.15, 0.2) is 0 Å². The van der Waals surface area contributed by atoms with Gasteiger partial charge in [-0.05, 0) is 6.16 Å². The van der Waals surface area contributed by atoms with Gasteiger partial charge in [0.2, 0.25) is 0 Å². The van der Waals surface area contributed by atoms with Crippen molar-refractivity contribution in [1.82, 2.24) is 0 Å². The third-order valence-electron chi connectivity index (χ3n) is 0. The molecule has 6 N–H and O–H groups in total. The number of carboxylic acid groups (broad SMARTS) is 2. The number of halogens is 1. The normalized spacial score (nSPS) is 4.94.